The zero-order chi connectivity index (χ0) is 14.1. The highest BCUT2D eigenvalue weighted by molar-refractivity contribution is 5.52. The average Bonchev–Trinajstić information content (AvgIpc) is 3.27. The minimum atomic E-state index is 0.228. The van der Waals surface area contributed by atoms with Crippen LogP contribution >= 0.6 is 0 Å². The topological polar surface area (TPSA) is 91.8 Å². The van der Waals surface area contributed by atoms with E-state index in [0.29, 0.717) is 18.3 Å². The number of hydrogen-bond acceptors (Lipinski definition) is 7. The van der Waals surface area contributed by atoms with E-state index in [4.69, 9.17) is 9.26 Å². The van der Waals surface area contributed by atoms with Crippen molar-refractivity contribution in [3.8, 4) is 17.3 Å². The van der Waals surface area contributed by atoms with Gasteiger partial charge in [0.2, 0.25) is 0 Å². The van der Waals surface area contributed by atoms with Crippen molar-refractivity contribution in [1.82, 2.24) is 29.9 Å². The first-order valence-corrected chi connectivity index (χ1v) is 6.63. The minimum Gasteiger partial charge on any atom is -0.381 e. The van der Waals surface area contributed by atoms with Gasteiger partial charge >= 0.3 is 0 Å². The van der Waals surface area contributed by atoms with Gasteiger partial charge in [0.25, 0.3) is 5.89 Å². The summed E-state index contributed by atoms with van der Waals surface area (Å²) in [5.41, 5.74) is 0.782. The Morgan fingerprint density at radius 3 is 2.81 bits per heavy atom. The van der Waals surface area contributed by atoms with Crippen LogP contribution in [0.25, 0.3) is 17.3 Å². The number of ether oxygens (including phenoxy) is 1. The van der Waals surface area contributed by atoms with Crippen molar-refractivity contribution in [3.05, 3.63) is 36.8 Å². The zero-order valence-electron chi connectivity index (χ0n) is 11.1. The van der Waals surface area contributed by atoms with Crippen LogP contribution in [0.3, 0.4) is 0 Å². The molecule has 1 unspecified atom stereocenters. The molecule has 0 spiro atoms. The quantitative estimate of drug-likeness (QED) is 0.713. The summed E-state index contributed by atoms with van der Waals surface area (Å²) in [6.07, 6.45) is 5.81. The first-order chi connectivity index (χ1) is 10.4. The van der Waals surface area contributed by atoms with Gasteiger partial charge < -0.3 is 9.26 Å². The average molecular weight is 284 g/mol. The molecule has 0 radical (unpaired) electrons. The molecule has 4 heterocycles. The Labute approximate surface area is 119 Å². The molecule has 1 aliphatic rings. The van der Waals surface area contributed by atoms with Gasteiger partial charge in [-0.05, 0) is 18.6 Å². The molecule has 106 valence electrons. The highest BCUT2D eigenvalue weighted by Gasteiger charge is 2.23. The molecule has 0 aliphatic carbocycles. The number of aromatic nitrogens is 6. The summed E-state index contributed by atoms with van der Waals surface area (Å²) in [5, 5.41) is 11.5. The molecular formula is C13H12N6O2. The van der Waals surface area contributed by atoms with Crippen LogP contribution in [0.2, 0.25) is 0 Å². The maximum Gasteiger partial charge on any atom is 0.259 e. The van der Waals surface area contributed by atoms with Crippen molar-refractivity contribution in [2.45, 2.75) is 12.3 Å². The van der Waals surface area contributed by atoms with Crippen LogP contribution in [0.1, 0.15) is 18.2 Å². The Balaban J connectivity index is 1.58. The van der Waals surface area contributed by atoms with Gasteiger partial charge in [0.15, 0.2) is 5.82 Å². The monoisotopic (exact) mass is 284 g/mol. The summed E-state index contributed by atoms with van der Waals surface area (Å²) >= 11 is 0. The van der Waals surface area contributed by atoms with E-state index in [1.54, 1.807) is 23.4 Å². The van der Waals surface area contributed by atoms with Crippen molar-refractivity contribution in [2.24, 2.45) is 0 Å². The van der Waals surface area contributed by atoms with E-state index >= 15 is 0 Å². The maximum absolute atomic E-state index is 5.33. The molecule has 1 fully saturated rings. The molecule has 8 nitrogen and oxygen atoms in total. The van der Waals surface area contributed by atoms with Crippen LogP contribution in [0.5, 0.6) is 0 Å². The predicted octanol–water partition coefficient (Wildman–Crippen LogP) is 1.22. The molecule has 1 saturated heterocycles. The lowest BCUT2D eigenvalue weighted by Gasteiger charge is -2.00. The van der Waals surface area contributed by atoms with Crippen LogP contribution in [0.4, 0.5) is 0 Å². The lowest BCUT2D eigenvalue weighted by atomic mass is 10.1. The first kappa shape index (κ1) is 12.2. The van der Waals surface area contributed by atoms with Crippen molar-refractivity contribution in [3.63, 3.8) is 0 Å². The van der Waals surface area contributed by atoms with Crippen LogP contribution in [-0.2, 0) is 4.74 Å². The van der Waals surface area contributed by atoms with Gasteiger partial charge in [0.1, 0.15) is 18.5 Å². The van der Waals surface area contributed by atoms with E-state index in [0.717, 1.165) is 24.4 Å². The molecule has 0 aromatic carbocycles. The van der Waals surface area contributed by atoms with Gasteiger partial charge in [-0.3, -0.25) is 4.57 Å². The van der Waals surface area contributed by atoms with Crippen LogP contribution < -0.4 is 0 Å². The van der Waals surface area contributed by atoms with Crippen molar-refractivity contribution < 1.29 is 9.26 Å². The molecule has 0 amide bonds. The minimum absolute atomic E-state index is 0.228. The third kappa shape index (κ3) is 2.29. The fourth-order valence-electron chi connectivity index (χ4n) is 2.24. The molecular weight excluding hydrogens is 272 g/mol. The van der Waals surface area contributed by atoms with E-state index in [-0.39, 0.29) is 5.92 Å². The second kappa shape index (κ2) is 5.06. The molecule has 1 atom stereocenters. The number of nitrogens with zero attached hydrogens (tertiary/aromatic N) is 6. The third-order valence-corrected chi connectivity index (χ3v) is 3.41. The highest BCUT2D eigenvalue weighted by Crippen LogP contribution is 2.25. The highest BCUT2D eigenvalue weighted by atomic mass is 16.5. The van der Waals surface area contributed by atoms with Gasteiger partial charge in [0.05, 0.1) is 12.2 Å². The SMILES string of the molecule is c1cc(-n2cnnc2)ncc1-c1nc(C2CCOC2)no1. The van der Waals surface area contributed by atoms with E-state index in [2.05, 4.69) is 25.3 Å². The molecule has 8 heteroatoms. The van der Waals surface area contributed by atoms with Crippen molar-refractivity contribution >= 4 is 0 Å². The normalized spacial score (nSPS) is 18.2. The summed E-state index contributed by atoms with van der Waals surface area (Å²) in [5.74, 6) is 2.13. The summed E-state index contributed by atoms with van der Waals surface area (Å²) in [6, 6.07) is 3.73. The summed E-state index contributed by atoms with van der Waals surface area (Å²) in [4.78, 5) is 8.76. The molecule has 0 N–H and O–H groups in total. The van der Waals surface area contributed by atoms with Crippen LogP contribution in [0.15, 0.2) is 35.5 Å². The van der Waals surface area contributed by atoms with E-state index in [9.17, 15) is 0 Å². The lowest BCUT2D eigenvalue weighted by Crippen LogP contribution is -1.99. The number of pyridine rings is 1. The second-order valence-electron chi connectivity index (χ2n) is 4.79. The van der Waals surface area contributed by atoms with Gasteiger partial charge in [-0.1, -0.05) is 5.16 Å². The zero-order valence-corrected chi connectivity index (χ0v) is 11.1. The molecule has 3 aromatic heterocycles. The fourth-order valence-corrected chi connectivity index (χ4v) is 2.24. The molecule has 3 aromatic rings. The van der Waals surface area contributed by atoms with Crippen molar-refractivity contribution in [2.75, 3.05) is 13.2 Å². The third-order valence-electron chi connectivity index (χ3n) is 3.41. The number of rotatable bonds is 3. The van der Waals surface area contributed by atoms with Crippen molar-refractivity contribution in [1.29, 1.82) is 0 Å². The Kier molecular flexibility index (Phi) is 2.93. The fraction of sp³-hybridized carbons (Fsp3) is 0.308. The van der Waals surface area contributed by atoms with Gasteiger partial charge in [0, 0.05) is 18.7 Å². The molecule has 21 heavy (non-hydrogen) atoms. The van der Waals surface area contributed by atoms with E-state index < -0.39 is 0 Å². The summed E-state index contributed by atoms with van der Waals surface area (Å²) < 4.78 is 12.4. The molecule has 0 bridgehead atoms. The Hall–Kier alpha value is -2.61. The standard InChI is InChI=1S/C13H12N6O2/c1-2-11(19-7-15-16-8-19)14-5-9(1)13-17-12(18-21-13)10-3-4-20-6-10/h1-2,5,7-8,10H,3-4,6H2. The van der Waals surface area contributed by atoms with Gasteiger partial charge in [-0.25, -0.2) is 4.98 Å². The van der Waals surface area contributed by atoms with Gasteiger partial charge in [-0.15, -0.1) is 10.2 Å². The molecule has 0 saturated carbocycles. The van der Waals surface area contributed by atoms with E-state index in [1.807, 2.05) is 12.1 Å². The first-order valence-electron chi connectivity index (χ1n) is 6.63. The lowest BCUT2D eigenvalue weighted by molar-refractivity contribution is 0.192. The molecule has 1 aliphatic heterocycles. The smallest absolute Gasteiger partial charge is 0.259 e. The largest absolute Gasteiger partial charge is 0.381 e. The predicted molar refractivity (Wildman–Crippen MR) is 70.6 cm³/mol. The Bertz CT molecular complexity index is 715. The second-order valence-corrected chi connectivity index (χ2v) is 4.79. The van der Waals surface area contributed by atoms with E-state index in [1.165, 1.54) is 0 Å². The summed E-state index contributed by atoms with van der Waals surface area (Å²) in [7, 11) is 0. The Morgan fingerprint density at radius 2 is 2.10 bits per heavy atom. The molecule has 4 rings (SSSR count). The van der Waals surface area contributed by atoms with Gasteiger partial charge in [-0.2, -0.15) is 4.98 Å². The summed E-state index contributed by atoms with van der Waals surface area (Å²) in [6.45, 7) is 1.41. The Morgan fingerprint density at radius 1 is 1.19 bits per heavy atom. The maximum atomic E-state index is 5.33. The van der Waals surface area contributed by atoms with Crippen LogP contribution in [-0.4, -0.2) is 43.1 Å². The number of hydrogen-bond donors (Lipinski definition) is 0. The van der Waals surface area contributed by atoms with Crippen LogP contribution in [0, 0.1) is 0 Å².